The van der Waals surface area contributed by atoms with E-state index in [2.05, 4.69) is 4.98 Å². The molecular formula is C33H30N2O6. The van der Waals surface area contributed by atoms with Crippen molar-refractivity contribution >= 4 is 28.9 Å². The van der Waals surface area contributed by atoms with Crippen LogP contribution in [-0.2, 0) is 16.0 Å². The number of carbonyl (C=O) groups excluding carboxylic acids is 2. The summed E-state index contributed by atoms with van der Waals surface area (Å²) >= 11 is 0. The molecule has 41 heavy (non-hydrogen) atoms. The third-order valence-corrected chi connectivity index (χ3v) is 6.55. The number of anilines is 1. The van der Waals surface area contributed by atoms with Gasteiger partial charge in [0.1, 0.15) is 23.6 Å². The van der Waals surface area contributed by atoms with E-state index in [0.717, 1.165) is 16.7 Å². The molecule has 0 spiro atoms. The van der Waals surface area contributed by atoms with E-state index in [1.807, 2.05) is 66.5 Å². The fourth-order valence-electron chi connectivity index (χ4n) is 4.32. The zero-order chi connectivity index (χ0) is 28.6. The van der Waals surface area contributed by atoms with Crippen LogP contribution in [0.5, 0.6) is 11.5 Å². The van der Waals surface area contributed by atoms with E-state index < -0.39 is 12.1 Å². The average molecular weight is 551 g/mol. The lowest BCUT2D eigenvalue weighted by Gasteiger charge is -2.19. The number of benzene rings is 4. The second-order valence-corrected chi connectivity index (χ2v) is 9.40. The Morgan fingerprint density at radius 1 is 0.878 bits per heavy atom. The molecule has 0 fully saturated rings. The van der Waals surface area contributed by atoms with Crippen LogP contribution in [0.4, 0.5) is 6.01 Å². The number of methoxy groups -OCH3 is 1. The first-order valence-electron chi connectivity index (χ1n) is 13.2. The van der Waals surface area contributed by atoms with Crippen LogP contribution in [0.3, 0.4) is 0 Å². The molecule has 0 aliphatic carbocycles. The van der Waals surface area contributed by atoms with Crippen LogP contribution in [0.25, 0.3) is 11.1 Å². The molecule has 0 saturated heterocycles. The van der Waals surface area contributed by atoms with E-state index in [1.54, 1.807) is 48.5 Å². The Morgan fingerprint density at radius 3 is 2.34 bits per heavy atom. The number of rotatable bonds is 12. The van der Waals surface area contributed by atoms with Gasteiger partial charge in [0, 0.05) is 19.0 Å². The van der Waals surface area contributed by atoms with Gasteiger partial charge in [-0.05, 0) is 42.0 Å². The molecule has 0 bridgehead atoms. The number of oxazole rings is 1. The second-order valence-electron chi connectivity index (χ2n) is 9.40. The number of aromatic nitrogens is 1. The van der Waals surface area contributed by atoms with Gasteiger partial charge in [-0.1, -0.05) is 66.7 Å². The number of fused-ring (bicyclic) bond motifs is 1. The van der Waals surface area contributed by atoms with Crippen molar-refractivity contribution in [3.8, 4) is 11.5 Å². The number of esters is 1. The van der Waals surface area contributed by atoms with Gasteiger partial charge < -0.3 is 23.5 Å². The smallest absolute Gasteiger partial charge is 0.347 e. The maximum atomic E-state index is 13.1. The highest BCUT2D eigenvalue weighted by Crippen LogP contribution is 2.25. The Bertz CT molecular complexity index is 1580. The van der Waals surface area contributed by atoms with E-state index in [-0.39, 0.29) is 12.2 Å². The maximum Gasteiger partial charge on any atom is 0.347 e. The maximum absolute atomic E-state index is 13.1. The lowest BCUT2D eigenvalue weighted by molar-refractivity contribution is -0.148. The molecule has 0 aliphatic rings. The monoisotopic (exact) mass is 550 g/mol. The summed E-state index contributed by atoms with van der Waals surface area (Å²) in [4.78, 5) is 32.1. The molecule has 0 aliphatic heterocycles. The first-order valence-corrected chi connectivity index (χ1v) is 13.2. The summed E-state index contributed by atoms with van der Waals surface area (Å²) in [6.45, 7) is 1.00. The van der Waals surface area contributed by atoms with Crippen molar-refractivity contribution in [2.45, 2.75) is 12.5 Å². The number of hydrogen-bond acceptors (Lipinski definition) is 8. The van der Waals surface area contributed by atoms with Crippen LogP contribution in [0.15, 0.2) is 108 Å². The van der Waals surface area contributed by atoms with Crippen LogP contribution in [-0.4, -0.2) is 50.1 Å². The number of likely N-dealkylation sites (N-methyl/N-ethyl adjacent to an activating group) is 1. The first kappa shape index (κ1) is 27.5. The molecular weight excluding hydrogens is 520 g/mol. The molecule has 8 nitrogen and oxygen atoms in total. The molecule has 5 aromatic rings. The molecule has 208 valence electrons. The Hall–Kier alpha value is -5.11. The van der Waals surface area contributed by atoms with Gasteiger partial charge in [0.2, 0.25) is 0 Å². The molecule has 0 amide bonds. The van der Waals surface area contributed by atoms with Gasteiger partial charge in [-0.2, -0.15) is 4.98 Å². The Morgan fingerprint density at radius 2 is 1.59 bits per heavy atom. The number of hydrogen-bond donors (Lipinski definition) is 0. The summed E-state index contributed by atoms with van der Waals surface area (Å²) in [5, 5.41) is 0. The lowest BCUT2D eigenvalue weighted by atomic mass is 10.0. The van der Waals surface area contributed by atoms with Crippen LogP contribution < -0.4 is 14.4 Å². The molecule has 4 aromatic carbocycles. The fraction of sp³-hybridized carbons (Fsp3) is 0.182. The summed E-state index contributed by atoms with van der Waals surface area (Å²) in [7, 11) is 3.21. The van der Waals surface area contributed by atoms with Gasteiger partial charge in [0.05, 0.1) is 19.2 Å². The van der Waals surface area contributed by atoms with Gasteiger partial charge in [-0.15, -0.1) is 0 Å². The molecule has 5 rings (SSSR count). The SMILES string of the molecule is COC(=O)C(Cc1ccc(OCCN(C)c2nc3ccccc3o2)cc1)Oc1ccccc1C(=O)c1ccccc1. The highest BCUT2D eigenvalue weighted by molar-refractivity contribution is 6.10. The minimum atomic E-state index is -0.943. The Balaban J connectivity index is 1.20. The molecule has 0 saturated carbocycles. The summed E-state index contributed by atoms with van der Waals surface area (Å²) in [5.74, 6) is 0.288. The number of ketones is 1. The van der Waals surface area contributed by atoms with Crippen LogP contribution in [0.2, 0.25) is 0 Å². The zero-order valence-electron chi connectivity index (χ0n) is 22.9. The number of nitrogens with zero attached hydrogens (tertiary/aromatic N) is 2. The molecule has 1 aromatic heterocycles. The quantitative estimate of drug-likeness (QED) is 0.144. The second kappa shape index (κ2) is 12.8. The summed E-state index contributed by atoms with van der Waals surface area (Å²) in [5.41, 5.74) is 3.31. The van der Waals surface area contributed by atoms with Crippen LogP contribution >= 0.6 is 0 Å². The van der Waals surface area contributed by atoms with Gasteiger partial charge in [0.15, 0.2) is 17.5 Å². The highest BCUT2D eigenvalue weighted by atomic mass is 16.6. The standard InChI is InChI=1S/C33H30N2O6/c1-35(33-34-27-13-7-9-15-29(27)41-33)20-21-39-25-18-16-23(17-19-25)22-30(32(37)38-2)40-28-14-8-6-12-26(28)31(36)24-10-4-3-5-11-24/h3-19,30H,20-22H2,1-2H3. The third kappa shape index (κ3) is 6.73. The van der Waals surface area contributed by atoms with E-state index in [9.17, 15) is 9.59 Å². The van der Waals surface area contributed by atoms with Gasteiger partial charge in [0.25, 0.3) is 6.01 Å². The summed E-state index contributed by atoms with van der Waals surface area (Å²) in [6, 6.07) is 31.4. The summed E-state index contributed by atoms with van der Waals surface area (Å²) < 4.78 is 22.8. The predicted octanol–water partition coefficient (Wildman–Crippen LogP) is 5.74. The van der Waals surface area contributed by atoms with Crippen molar-refractivity contribution in [1.29, 1.82) is 0 Å². The molecule has 8 heteroatoms. The van der Waals surface area contributed by atoms with Crippen molar-refractivity contribution in [3.63, 3.8) is 0 Å². The first-order chi connectivity index (χ1) is 20.0. The van der Waals surface area contributed by atoms with Gasteiger partial charge in [-0.3, -0.25) is 4.79 Å². The van der Waals surface area contributed by atoms with E-state index in [4.69, 9.17) is 18.6 Å². The molecule has 1 heterocycles. The van der Waals surface area contributed by atoms with E-state index in [0.29, 0.717) is 41.8 Å². The number of carbonyl (C=O) groups is 2. The van der Waals surface area contributed by atoms with Crippen LogP contribution in [0, 0.1) is 0 Å². The lowest BCUT2D eigenvalue weighted by Crippen LogP contribution is -2.31. The van der Waals surface area contributed by atoms with E-state index >= 15 is 0 Å². The van der Waals surface area contributed by atoms with Crippen LogP contribution in [0.1, 0.15) is 21.5 Å². The molecule has 0 radical (unpaired) electrons. The average Bonchev–Trinajstić information content (AvgIpc) is 3.46. The van der Waals surface area contributed by atoms with Crippen molar-refractivity contribution in [2.24, 2.45) is 0 Å². The molecule has 1 unspecified atom stereocenters. The van der Waals surface area contributed by atoms with Crippen molar-refractivity contribution in [1.82, 2.24) is 4.98 Å². The van der Waals surface area contributed by atoms with Crippen molar-refractivity contribution in [2.75, 3.05) is 32.2 Å². The minimum Gasteiger partial charge on any atom is -0.492 e. The molecule has 0 N–H and O–H groups in total. The van der Waals surface area contributed by atoms with Crippen molar-refractivity contribution in [3.05, 3.63) is 120 Å². The number of ether oxygens (including phenoxy) is 3. The fourth-order valence-corrected chi connectivity index (χ4v) is 4.32. The topological polar surface area (TPSA) is 91.1 Å². The minimum absolute atomic E-state index is 0.187. The number of para-hydroxylation sites is 3. The van der Waals surface area contributed by atoms with Gasteiger partial charge >= 0.3 is 5.97 Å². The van der Waals surface area contributed by atoms with Gasteiger partial charge in [-0.25, -0.2) is 4.79 Å². The summed E-state index contributed by atoms with van der Waals surface area (Å²) in [6.07, 6.45) is -0.692. The van der Waals surface area contributed by atoms with E-state index in [1.165, 1.54) is 7.11 Å². The third-order valence-electron chi connectivity index (χ3n) is 6.55. The Kier molecular flexibility index (Phi) is 8.59. The Labute approximate surface area is 238 Å². The normalized spacial score (nSPS) is 11.6. The van der Waals surface area contributed by atoms with Crippen molar-refractivity contribution < 1.29 is 28.2 Å². The molecule has 1 atom stereocenters. The largest absolute Gasteiger partial charge is 0.492 e. The zero-order valence-corrected chi connectivity index (χ0v) is 22.9. The predicted molar refractivity (Wildman–Crippen MR) is 156 cm³/mol. The highest BCUT2D eigenvalue weighted by Gasteiger charge is 2.25.